The van der Waals surface area contributed by atoms with E-state index in [9.17, 15) is 14.7 Å². The Morgan fingerprint density at radius 3 is 2.63 bits per heavy atom. The average molecular weight is 420 g/mol. The Balaban J connectivity index is 1.52. The van der Waals surface area contributed by atoms with E-state index in [1.165, 1.54) is 21.3 Å². The minimum Gasteiger partial charge on any atom is -0.479 e. The van der Waals surface area contributed by atoms with Gasteiger partial charge in [0, 0.05) is 9.75 Å². The summed E-state index contributed by atoms with van der Waals surface area (Å²) in [4.78, 5) is 34.1. The highest BCUT2D eigenvalue weighted by molar-refractivity contribution is 7.16. The fraction of sp³-hybridized carbons (Fsp3) is 0.217. The van der Waals surface area contributed by atoms with E-state index < -0.39 is 18.0 Å². The van der Waals surface area contributed by atoms with E-state index in [0.29, 0.717) is 11.4 Å². The van der Waals surface area contributed by atoms with Crippen molar-refractivity contribution in [2.75, 3.05) is 6.54 Å². The number of aliphatic carboxylic acids is 1. The molecule has 6 nitrogen and oxygen atoms in total. The summed E-state index contributed by atoms with van der Waals surface area (Å²) in [5, 5.41) is 11.3. The molecule has 30 heavy (non-hydrogen) atoms. The lowest BCUT2D eigenvalue weighted by Gasteiger charge is -2.27. The molecule has 1 aromatic heterocycles. The second-order valence-electron chi connectivity index (χ2n) is 7.52. The molecule has 0 spiro atoms. The van der Waals surface area contributed by atoms with Gasteiger partial charge in [-0.2, -0.15) is 5.06 Å². The summed E-state index contributed by atoms with van der Waals surface area (Å²) in [6.45, 7) is 2.59. The molecule has 2 aromatic carbocycles. The second kappa shape index (κ2) is 7.27. The van der Waals surface area contributed by atoms with Crippen LogP contribution in [0.1, 0.15) is 33.7 Å². The molecule has 3 heterocycles. The molecule has 1 saturated heterocycles. The smallest absolute Gasteiger partial charge is 0.345 e. The lowest BCUT2D eigenvalue weighted by atomic mass is 9.98. The van der Waals surface area contributed by atoms with Gasteiger partial charge in [0.2, 0.25) is 0 Å². The molecule has 5 rings (SSSR count). The first-order chi connectivity index (χ1) is 14.5. The van der Waals surface area contributed by atoms with E-state index in [0.717, 1.165) is 27.1 Å². The monoisotopic (exact) mass is 420 g/mol. The molecule has 0 aliphatic carbocycles. The van der Waals surface area contributed by atoms with Crippen molar-refractivity contribution in [3.63, 3.8) is 0 Å². The van der Waals surface area contributed by atoms with Crippen LogP contribution in [0.15, 0.2) is 60.7 Å². The summed E-state index contributed by atoms with van der Waals surface area (Å²) in [6.07, 6.45) is 0. The molecule has 1 N–H and O–H groups in total. The number of hydrogen-bond donors (Lipinski definition) is 1. The van der Waals surface area contributed by atoms with Crippen LogP contribution in [0.3, 0.4) is 0 Å². The predicted octanol–water partition coefficient (Wildman–Crippen LogP) is 4.77. The number of rotatable bonds is 5. The number of carbonyl (C=O) groups is 2. The van der Waals surface area contributed by atoms with Crippen molar-refractivity contribution in [2.45, 2.75) is 25.6 Å². The lowest BCUT2D eigenvalue weighted by molar-refractivity contribution is -0.143. The third kappa shape index (κ3) is 2.98. The van der Waals surface area contributed by atoms with Gasteiger partial charge in [0.05, 0.1) is 6.54 Å². The maximum Gasteiger partial charge on any atom is 0.345 e. The molecule has 2 amide bonds. The summed E-state index contributed by atoms with van der Waals surface area (Å²) in [7, 11) is 0. The van der Waals surface area contributed by atoms with Gasteiger partial charge in [0.1, 0.15) is 12.6 Å². The highest BCUT2D eigenvalue weighted by atomic mass is 32.1. The van der Waals surface area contributed by atoms with Crippen LogP contribution in [0, 0.1) is 6.92 Å². The first-order valence-corrected chi connectivity index (χ1v) is 10.6. The Morgan fingerprint density at radius 1 is 1.17 bits per heavy atom. The van der Waals surface area contributed by atoms with Gasteiger partial charge < -0.3 is 10.0 Å². The van der Waals surface area contributed by atoms with Crippen molar-refractivity contribution in [3.8, 4) is 10.4 Å². The molecule has 2 atom stereocenters. The molecule has 2 bridgehead atoms. The van der Waals surface area contributed by atoms with Crippen molar-refractivity contribution >= 4 is 23.3 Å². The quantitative estimate of drug-likeness (QED) is 0.645. The number of carbonyl (C=O) groups excluding carboxylic acids is 1. The molecule has 152 valence electrons. The van der Waals surface area contributed by atoms with Crippen LogP contribution in [0.5, 0.6) is 0 Å². The predicted molar refractivity (Wildman–Crippen MR) is 113 cm³/mol. The first kappa shape index (κ1) is 18.8. The highest BCUT2D eigenvalue weighted by Gasteiger charge is 2.52. The molecular weight excluding hydrogens is 400 g/mol. The number of nitrogens with zero attached hydrogens (tertiary/aromatic N) is 2. The van der Waals surface area contributed by atoms with Gasteiger partial charge in [0.25, 0.3) is 0 Å². The number of benzene rings is 2. The topological polar surface area (TPSA) is 70.1 Å². The first-order valence-electron chi connectivity index (χ1n) is 9.73. The standard InChI is InChI=1S/C23H20N2O4S/c1-14-7-5-6-10-16(14)19-11-17-18-12-24(20(22(26)27)21(17)30-19)23(28)25(18)29-13-15-8-3-2-4-9-15/h2-11,18,20H,12-13H2,1H3,(H,26,27)/t18-,20?/m1/s1. The van der Waals surface area contributed by atoms with Gasteiger partial charge >= 0.3 is 12.0 Å². The van der Waals surface area contributed by atoms with Crippen molar-refractivity contribution < 1.29 is 19.5 Å². The zero-order valence-corrected chi connectivity index (χ0v) is 17.1. The molecule has 1 fully saturated rings. The maximum absolute atomic E-state index is 13.0. The van der Waals surface area contributed by atoms with E-state index in [1.54, 1.807) is 0 Å². The van der Waals surface area contributed by atoms with Crippen molar-refractivity contribution in [1.82, 2.24) is 9.96 Å². The largest absolute Gasteiger partial charge is 0.479 e. The zero-order chi connectivity index (χ0) is 20.8. The van der Waals surface area contributed by atoms with E-state index in [-0.39, 0.29) is 12.6 Å². The van der Waals surface area contributed by atoms with E-state index in [4.69, 9.17) is 4.84 Å². The average Bonchev–Trinajstić information content (AvgIpc) is 3.29. The van der Waals surface area contributed by atoms with Crippen LogP contribution in [0.25, 0.3) is 10.4 Å². The minimum atomic E-state index is -1.02. The maximum atomic E-state index is 13.0. The Kier molecular flexibility index (Phi) is 4.56. The Labute approximate surface area is 177 Å². The number of carboxylic acids is 1. The Morgan fingerprint density at radius 2 is 1.90 bits per heavy atom. The fourth-order valence-electron chi connectivity index (χ4n) is 4.16. The van der Waals surface area contributed by atoms with Crippen molar-refractivity contribution in [2.24, 2.45) is 0 Å². The number of urea groups is 1. The summed E-state index contributed by atoms with van der Waals surface area (Å²) >= 11 is 1.45. The fourth-order valence-corrected chi connectivity index (χ4v) is 5.58. The van der Waals surface area contributed by atoms with Crippen LogP contribution in [0.2, 0.25) is 0 Å². The number of fused-ring (bicyclic) bond motifs is 4. The molecule has 2 aliphatic rings. The number of carboxylic acid groups (broad SMARTS) is 1. The van der Waals surface area contributed by atoms with Crippen molar-refractivity contribution in [3.05, 3.63) is 82.2 Å². The summed E-state index contributed by atoms with van der Waals surface area (Å²) < 4.78 is 0. The van der Waals surface area contributed by atoms with Gasteiger partial charge in [0.15, 0.2) is 6.04 Å². The van der Waals surface area contributed by atoms with Crippen LogP contribution < -0.4 is 0 Å². The van der Waals surface area contributed by atoms with E-state index in [2.05, 4.69) is 0 Å². The van der Waals surface area contributed by atoms with Gasteiger partial charge in [-0.05, 0) is 35.2 Å². The number of amides is 2. The summed E-state index contributed by atoms with van der Waals surface area (Å²) in [5.41, 5.74) is 4.01. The Bertz CT molecular complexity index is 1130. The zero-order valence-electron chi connectivity index (χ0n) is 16.3. The Hall–Kier alpha value is -3.16. The van der Waals surface area contributed by atoms with Gasteiger partial charge in [-0.1, -0.05) is 54.6 Å². The number of aryl methyl sites for hydroxylation is 1. The van der Waals surface area contributed by atoms with E-state index in [1.807, 2.05) is 67.6 Å². The van der Waals surface area contributed by atoms with Gasteiger partial charge in [-0.15, -0.1) is 11.3 Å². The third-order valence-corrected chi connectivity index (χ3v) is 6.89. The lowest BCUT2D eigenvalue weighted by Crippen LogP contribution is -2.37. The molecule has 1 unspecified atom stereocenters. The summed E-state index contributed by atoms with van der Waals surface area (Å²) in [5.74, 6) is -1.02. The van der Waals surface area contributed by atoms with Crippen LogP contribution >= 0.6 is 11.3 Å². The van der Waals surface area contributed by atoms with Gasteiger partial charge in [-0.3, -0.25) is 4.84 Å². The normalized spacial score (nSPS) is 19.8. The number of hydroxylamine groups is 2. The number of thiophene rings is 1. The van der Waals surface area contributed by atoms with Crippen LogP contribution in [-0.2, 0) is 16.2 Å². The molecule has 3 aromatic rings. The van der Waals surface area contributed by atoms with Crippen molar-refractivity contribution in [1.29, 1.82) is 0 Å². The second-order valence-corrected chi connectivity index (χ2v) is 8.61. The molecule has 0 radical (unpaired) electrons. The minimum absolute atomic E-state index is 0.249. The van der Waals surface area contributed by atoms with E-state index >= 15 is 0 Å². The van der Waals surface area contributed by atoms with Crippen LogP contribution in [-0.4, -0.2) is 33.6 Å². The molecular formula is C23H20N2O4S. The highest BCUT2D eigenvalue weighted by Crippen LogP contribution is 2.49. The third-order valence-electron chi connectivity index (χ3n) is 5.65. The van der Waals surface area contributed by atoms with Crippen LogP contribution in [0.4, 0.5) is 4.79 Å². The van der Waals surface area contributed by atoms with Gasteiger partial charge in [-0.25, -0.2) is 9.59 Å². The molecule has 7 heteroatoms. The molecule has 2 aliphatic heterocycles. The SMILES string of the molecule is Cc1ccccc1-c1cc2c(s1)C(C(=O)O)N1C[C@H]2N(OCc2ccccc2)C1=O. The summed E-state index contributed by atoms with van der Waals surface area (Å²) in [6, 6.07) is 18.0. The molecule has 0 saturated carbocycles. The number of hydrogen-bond acceptors (Lipinski definition) is 4.